The molecular weight excluding hydrogens is 378 g/mol. The Bertz CT molecular complexity index is 912. The van der Waals surface area contributed by atoms with Crippen molar-refractivity contribution in [1.82, 2.24) is 9.29 Å². The summed E-state index contributed by atoms with van der Waals surface area (Å²) in [7, 11) is -0.657. The topological polar surface area (TPSA) is 117 Å². The van der Waals surface area contributed by atoms with Crippen LogP contribution in [-0.4, -0.2) is 54.5 Å². The average molecular weight is 395 g/mol. The smallest absolute Gasteiger partial charge is 0.338 e. The Morgan fingerprint density at radius 3 is 2.42 bits per heavy atom. The van der Waals surface area contributed by atoms with Crippen molar-refractivity contribution in [2.24, 2.45) is 0 Å². The standard InChI is InChI=1S/C16H17N3O5S2/c1-19(2)26(23,24)12-7-5-11(6-8-12)18-14(20)10-25-15-13(16(21)22)4-3-9-17-15/h3-9H,10H2,1-2H3,(H,18,20)(H,21,22). The van der Waals surface area contributed by atoms with E-state index in [1.165, 1.54) is 56.7 Å². The highest BCUT2D eigenvalue weighted by molar-refractivity contribution is 8.00. The number of hydrogen-bond acceptors (Lipinski definition) is 6. The van der Waals surface area contributed by atoms with Gasteiger partial charge in [0.15, 0.2) is 0 Å². The summed E-state index contributed by atoms with van der Waals surface area (Å²) >= 11 is 1.01. The maximum absolute atomic E-state index is 12.0. The van der Waals surface area contributed by atoms with Crippen LogP contribution in [0.2, 0.25) is 0 Å². The molecule has 0 spiro atoms. The second-order valence-electron chi connectivity index (χ2n) is 5.31. The monoisotopic (exact) mass is 395 g/mol. The molecular formula is C16H17N3O5S2. The van der Waals surface area contributed by atoms with Crippen molar-refractivity contribution in [3.63, 3.8) is 0 Å². The van der Waals surface area contributed by atoms with Crippen molar-refractivity contribution in [2.75, 3.05) is 25.2 Å². The van der Waals surface area contributed by atoms with Gasteiger partial charge in [-0.05, 0) is 36.4 Å². The lowest BCUT2D eigenvalue weighted by molar-refractivity contribution is -0.113. The Morgan fingerprint density at radius 2 is 1.85 bits per heavy atom. The van der Waals surface area contributed by atoms with Crippen molar-refractivity contribution in [3.8, 4) is 0 Å². The highest BCUT2D eigenvalue weighted by Gasteiger charge is 2.17. The Labute approximate surface area is 155 Å². The third-order valence-corrected chi connectivity index (χ3v) is 6.09. The van der Waals surface area contributed by atoms with Gasteiger partial charge in [-0.25, -0.2) is 22.5 Å². The van der Waals surface area contributed by atoms with Gasteiger partial charge in [0.05, 0.1) is 16.2 Å². The third-order valence-electron chi connectivity index (χ3n) is 3.26. The van der Waals surface area contributed by atoms with Gasteiger partial charge in [-0.1, -0.05) is 11.8 Å². The molecule has 0 aliphatic carbocycles. The van der Waals surface area contributed by atoms with E-state index in [0.717, 1.165) is 16.1 Å². The molecule has 0 aliphatic heterocycles. The number of anilines is 1. The summed E-state index contributed by atoms with van der Waals surface area (Å²) in [6, 6.07) is 8.71. The molecule has 10 heteroatoms. The van der Waals surface area contributed by atoms with Crippen LogP contribution in [0.15, 0.2) is 52.5 Å². The van der Waals surface area contributed by atoms with Gasteiger partial charge in [0.2, 0.25) is 15.9 Å². The van der Waals surface area contributed by atoms with Crippen LogP contribution < -0.4 is 5.32 Å². The van der Waals surface area contributed by atoms with Gasteiger partial charge < -0.3 is 10.4 Å². The lowest BCUT2D eigenvalue weighted by Gasteiger charge is -2.12. The maximum atomic E-state index is 12.0. The van der Waals surface area contributed by atoms with Crippen LogP contribution in [0.5, 0.6) is 0 Å². The van der Waals surface area contributed by atoms with E-state index in [0.29, 0.717) is 5.69 Å². The summed E-state index contributed by atoms with van der Waals surface area (Å²) in [6.07, 6.45) is 1.45. The quantitative estimate of drug-likeness (QED) is 0.686. The third kappa shape index (κ3) is 4.81. The highest BCUT2D eigenvalue weighted by Crippen LogP contribution is 2.21. The molecule has 0 bridgehead atoms. The number of carbonyl (C=O) groups excluding carboxylic acids is 1. The molecule has 2 rings (SSSR count). The fourth-order valence-electron chi connectivity index (χ4n) is 1.92. The minimum Gasteiger partial charge on any atom is -0.478 e. The zero-order valence-electron chi connectivity index (χ0n) is 14.0. The number of carboxylic acid groups (broad SMARTS) is 1. The number of rotatable bonds is 7. The van der Waals surface area contributed by atoms with Crippen LogP contribution in [0.25, 0.3) is 0 Å². The van der Waals surface area contributed by atoms with Gasteiger partial charge in [-0.2, -0.15) is 0 Å². The zero-order chi connectivity index (χ0) is 19.3. The van der Waals surface area contributed by atoms with Crippen molar-refractivity contribution >= 4 is 39.3 Å². The van der Waals surface area contributed by atoms with E-state index in [-0.39, 0.29) is 27.1 Å². The molecule has 1 aromatic carbocycles. The first kappa shape index (κ1) is 19.9. The predicted octanol–water partition coefficient (Wildman–Crippen LogP) is 1.76. The number of nitrogens with one attached hydrogen (secondary N) is 1. The number of aromatic nitrogens is 1. The predicted molar refractivity (Wildman–Crippen MR) is 97.9 cm³/mol. The average Bonchev–Trinajstić information content (AvgIpc) is 2.60. The molecule has 1 aromatic heterocycles. The Kier molecular flexibility index (Phi) is 6.35. The molecule has 0 aliphatic rings. The molecule has 0 saturated carbocycles. The van der Waals surface area contributed by atoms with Crippen LogP contribution in [-0.2, 0) is 14.8 Å². The number of carboxylic acids is 1. The van der Waals surface area contributed by atoms with Crippen LogP contribution in [0.1, 0.15) is 10.4 Å². The second kappa shape index (κ2) is 8.30. The van der Waals surface area contributed by atoms with E-state index >= 15 is 0 Å². The van der Waals surface area contributed by atoms with E-state index in [4.69, 9.17) is 5.11 Å². The summed E-state index contributed by atoms with van der Waals surface area (Å²) in [5.41, 5.74) is 0.469. The summed E-state index contributed by atoms with van der Waals surface area (Å²) in [5, 5.41) is 12.0. The molecule has 1 heterocycles. The molecule has 2 N–H and O–H groups in total. The van der Waals surface area contributed by atoms with E-state index in [1.54, 1.807) is 0 Å². The van der Waals surface area contributed by atoms with Gasteiger partial charge in [-0.15, -0.1) is 0 Å². The van der Waals surface area contributed by atoms with Crippen molar-refractivity contribution in [2.45, 2.75) is 9.92 Å². The van der Waals surface area contributed by atoms with Crippen LogP contribution >= 0.6 is 11.8 Å². The number of benzene rings is 1. The fourth-order valence-corrected chi connectivity index (χ4v) is 3.61. The summed E-state index contributed by atoms with van der Waals surface area (Å²) in [5.74, 6) is -1.51. The lowest BCUT2D eigenvalue weighted by Crippen LogP contribution is -2.22. The van der Waals surface area contributed by atoms with Gasteiger partial charge in [-0.3, -0.25) is 4.79 Å². The van der Waals surface area contributed by atoms with Crippen LogP contribution in [0.4, 0.5) is 5.69 Å². The molecule has 26 heavy (non-hydrogen) atoms. The Morgan fingerprint density at radius 1 is 1.19 bits per heavy atom. The van der Waals surface area contributed by atoms with E-state index < -0.39 is 16.0 Å². The molecule has 8 nitrogen and oxygen atoms in total. The van der Waals surface area contributed by atoms with Gasteiger partial charge in [0.25, 0.3) is 0 Å². The maximum Gasteiger partial charge on any atom is 0.338 e. The van der Waals surface area contributed by atoms with Gasteiger partial charge in [0.1, 0.15) is 5.03 Å². The molecule has 0 radical (unpaired) electrons. The molecule has 2 aromatic rings. The first-order chi connectivity index (χ1) is 12.2. The van der Waals surface area contributed by atoms with E-state index in [9.17, 15) is 18.0 Å². The number of aromatic carboxylic acids is 1. The number of nitrogens with zero attached hydrogens (tertiary/aromatic N) is 2. The zero-order valence-corrected chi connectivity index (χ0v) is 15.7. The number of thioether (sulfide) groups is 1. The summed E-state index contributed by atoms with van der Waals surface area (Å²) in [6.45, 7) is 0. The minimum absolute atomic E-state index is 0.0311. The van der Waals surface area contributed by atoms with Crippen molar-refractivity contribution < 1.29 is 23.1 Å². The van der Waals surface area contributed by atoms with Gasteiger partial charge in [0, 0.05) is 26.0 Å². The second-order valence-corrected chi connectivity index (χ2v) is 8.43. The molecule has 0 saturated heterocycles. The number of carbonyl (C=O) groups is 2. The number of sulfonamides is 1. The normalized spacial score (nSPS) is 11.3. The Hall–Kier alpha value is -2.43. The first-order valence-corrected chi connectivity index (χ1v) is 9.78. The molecule has 0 atom stereocenters. The van der Waals surface area contributed by atoms with E-state index in [1.807, 2.05) is 0 Å². The Balaban J connectivity index is 2.00. The SMILES string of the molecule is CN(C)S(=O)(=O)c1ccc(NC(=O)CSc2ncccc2C(=O)O)cc1. The number of amides is 1. The lowest BCUT2D eigenvalue weighted by atomic mass is 10.3. The highest BCUT2D eigenvalue weighted by atomic mass is 32.2. The van der Waals surface area contributed by atoms with Crippen molar-refractivity contribution in [3.05, 3.63) is 48.2 Å². The van der Waals surface area contributed by atoms with E-state index in [2.05, 4.69) is 10.3 Å². The number of hydrogen-bond donors (Lipinski definition) is 2. The van der Waals surface area contributed by atoms with Crippen molar-refractivity contribution in [1.29, 1.82) is 0 Å². The number of pyridine rings is 1. The first-order valence-electron chi connectivity index (χ1n) is 7.35. The molecule has 0 unspecified atom stereocenters. The summed E-state index contributed by atoms with van der Waals surface area (Å²) in [4.78, 5) is 27.2. The fraction of sp³-hybridized carbons (Fsp3) is 0.188. The van der Waals surface area contributed by atoms with Crippen LogP contribution in [0, 0.1) is 0 Å². The molecule has 0 fully saturated rings. The van der Waals surface area contributed by atoms with Gasteiger partial charge >= 0.3 is 5.97 Å². The molecule has 1 amide bonds. The summed E-state index contributed by atoms with van der Waals surface area (Å²) < 4.78 is 25.1. The molecule has 138 valence electrons. The minimum atomic E-state index is -3.53. The largest absolute Gasteiger partial charge is 0.478 e. The van der Waals surface area contributed by atoms with Crippen LogP contribution in [0.3, 0.4) is 0 Å².